The van der Waals surface area contributed by atoms with E-state index in [4.69, 9.17) is 17.3 Å². The van der Waals surface area contributed by atoms with Gasteiger partial charge in [-0.25, -0.2) is 0 Å². The van der Waals surface area contributed by atoms with Crippen LogP contribution in [0.2, 0.25) is 5.02 Å². The first kappa shape index (κ1) is 14.5. The summed E-state index contributed by atoms with van der Waals surface area (Å²) in [6, 6.07) is 5.85. The molecule has 18 heavy (non-hydrogen) atoms. The van der Waals surface area contributed by atoms with Crippen LogP contribution in [0.3, 0.4) is 0 Å². The highest BCUT2D eigenvalue weighted by atomic mass is 35.5. The Kier molecular flexibility index (Phi) is 5.65. The molecule has 2 amide bonds. The van der Waals surface area contributed by atoms with E-state index in [1.807, 2.05) is 6.92 Å². The molecular weight excluding hydrogens is 252 g/mol. The summed E-state index contributed by atoms with van der Waals surface area (Å²) in [7, 11) is 0. The average molecular weight is 269 g/mol. The van der Waals surface area contributed by atoms with Gasteiger partial charge in [-0.1, -0.05) is 31.4 Å². The molecule has 0 aliphatic heterocycles. The first-order valence-electron chi connectivity index (χ1n) is 5.90. The highest BCUT2D eigenvalue weighted by molar-refractivity contribution is 6.30. The summed E-state index contributed by atoms with van der Waals surface area (Å²) < 4.78 is 0. The second-order valence-corrected chi connectivity index (χ2v) is 4.51. The van der Waals surface area contributed by atoms with E-state index in [-0.39, 0.29) is 5.91 Å². The zero-order valence-corrected chi connectivity index (χ0v) is 11.0. The number of hydrogen-bond acceptors (Lipinski definition) is 2. The molecule has 1 rings (SSSR count). The molecule has 0 unspecified atom stereocenters. The molecular formula is C13H17ClN2O2. The molecule has 4 nitrogen and oxygen atoms in total. The minimum absolute atomic E-state index is 0.313. The van der Waals surface area contributed by atoms with E-state index in [0.29, 0.717) is 17.0 Å². The lowest BCUT2D eigenvalue weighted by Crippen LogP contribution is -2.44. The number of carbonyl (C=O) groups excluding carboxylic acids is 2. The van der Waals surface area contributed by atoms with Crippen molar-refractivity contribution in [3.63, 3.8) is 0 Å². The topological polar surface area (TPSA) is 72.2 Å². The Morgan fingerprint density at radius 1 is 1.33 bits per heavy atom. The summed E-state index contributed by atoms with van der Waals surface area (Å²) in [6.07, 6.45) is 2.35. The third-order valence-corrected chi connectivity index (χ3v) is 2.85. The van der Waals surface area contributed by atoms with Gasteiger partial charge in [0.2, 0.25) is 5.91 Å². The zero-order valence-electron chi connectivity index (χ0n) is 10.3. The molecule has 0 fully saturated rings. The van der Waals surface area contributed by atoms with Crippen LogP contribution in [-0.4, -0.2) is 17.9 Å². The van der Waals surface area contributed by atoms with E-state index in [1.165, 1.54) is 0 Å². The molecule has 3 N–H and O–H groups in total. The summed E-state index contributed by atoms with van der Waals surface area (Å²) in [5, 5.41) is 3.19. The lowest BCUT2D eigenvalue weighted by Gasteiger charge is -2.15. The Morgan fingerprint density at radius 3 is 2.44 bits per heavy atom. The lowest BCUT2D eigenvalue weighted by molar-refractivity contribution is -0.120. The van der Waals surface area contributed by atoms with Crippen LogP contribution in [0.5, 0.6) is 0 Å². The SMILES string of the molecule is CCCC[C@@H](NC(=O)c1ccc(Cl)cc1)C(N)=O. The molecule has 0 heterocycles. The Balaban J connectivity index is 2.66. The average Bonchev–Trinajstić information content (AvgIpc) is 2.34. The van der Waals surface area contributed by atoms with Crippen LogP contribution < -0.4 is 11.1 Å². The van der Waals surface area contributed by atoms with Gasteiger partial charge in [0, 0.05) is 10.6 Å². The van der Waals surface area contributed by atoms with Gasteiger partial charge in [0.15, 0.2) is 0 Å². The molecule has 0 spiro atoms. The summed E-state index contributed by atoms with van der Waals surface area (Å²) >= 11 is 5.74. The normalized spacial score (nSPS) is 11.9. The minimum Gasteiger partial charge on any atom is -0.368 e. The van der Waals surface area contributed by atoms with E-state index >= 15 is 0 Å². The number of benzene rings is 1. The van der Waals surface area contributed by atoms with E-state index < -0.39 is 11.9 Å². The third kappa shape index (κ3) is 4.37. The second-order valence-electron chi connectivity index (χ2n) is 4.08. The van der Waals surface area contributed by atoms with Crippen LogP contribution in [0, 0.1) is 0 Å². The van der Waals surface area contributed by atoms with E-state index in [0.717, 1.165) is 12.8 Å². The first-order valence-corrected chi connectivity index (χ1v) is 6.28. The number of carbonyl (C=O) groups is 2. The van der Waals surface area contributed by atoms with Crippen molar-refractivity contribution < 1.29 is 9.59 Å². The monoisotopic (exact) mass is 268 g/mol. The highest BCUT2D eigenvalue weighted by Gasteiger charge is 2.18. The van der Waals surface area contributed by atoms with Gasteiger partial charge in [-0.3, -0.25) is 9.59 Å². The zero-order chi connectivity index (χ0) is 13.5. The molecule has 0 saturated heterocycles. The number of halogens is 1. The first-order chi connectivity index (χ1) is 8.54. The van der Waals surface area contributed by atoms with Crippen molar-refractivity contribution in [1.82, 2.24) is 5.32 Å². The van der Waals surface area contributed by atoms with Gasteiger partial charge in [0.25, 0.3) is 5.91 Å². The number of primary amides is 1. The van der Waals surface area contributed by atoms with Crippen LogP contribution in [0.15, 0.2) is 24.3 Å². The van der Waals surface area contributed by atoms with Crippen LogP contribution >= 0.6 is 11.6 Å². The van der Waals surface area contributed by atoms with Crippen molar-refractivity contribution in [2.75, 3.05) is 0 Å². The van der Waals surface area contributed by atoms with Crippen LogP contribution in [0.1, 0.15) is 36.5 Å². The van der Waals surface area contributed by atoms with E-state index in [1.54, 1.807) is 24.3 Å². The number of amides is 2. The van der Waals surface area contributed by atoms with Crippen LogP contribution in [-0.2, 0) is 4.79 Å². The molecule has 1 aromatic carbocycles. The van der Waals surface area contributed by atoms with Gasteiger partial charge in [0.05, 0.1) is 0 Å². The smallest absolute Gasteiger partial charge is 0.251 e. The summed E-state index contributed by atoms with van der Waals surface area (Å²) in [4.78, 5) is 23.1. The van der Waals surface area contributed by atoms with Crippen molar-refractivity contribution in [2.45, 2.75) is 32.2 Å². The van der Waals surface area contributed by atoms with Crippen molar-refractivity contribution in [3.8, 4) is 0 Å². The molecule has 0 bridgehead atoms. The Labute approximate surface area is 112 Å². The van der Waals surface area contributed by atoms with Gasteiger partial charge < -0.3 is 11.1 Å². The molecule has 98 valence electrons. The van der Waals surface area contributed by atoms with Gasteiger partial charge in [-0.05, 0) is 30.7 Å². The molecule has 0 radical (unpaired) electrons. The number of rotatable bonds is 6. The number of nitrogens with two attached hydrogens (primary N) is 1. The Morgan fingerprint density at radius 2 is 1.94 bits per heavy atom. The maximum Gasteiger partial charge on any atom is 0.251 e. The predicted octanol–water partition coefficient (Wildman–Crippen LogP) is 2.11. The van der Waals surface area contributed by atoms with Gasteiger partial charge in [-0.15, -0.1) is 0 Å². The molecule has 0 aromatic heterocycles. The minimum atomic E-state index is -0.617. The maximum absolute atomic E-state index is 11.9. The Bertz CT molecular complexity index is 418. The molecule has 0 saturated carbocycles. The molecule has 5 heteroatoms. The molecule has 1 aromatic rings. The number of nitrogens with one attached hydrogen (secondary N) is 1. The van der Waals surface area contributed by atoms with Crippen molar-refractivity contribution in [3.05, 3.63) is 34.9 Å². The number of unbranched alkanes of at least 4 members (excludes halogenated alkanes) is 1. The molecule has 0 aliphatic carbocycles. The maximum atomic E-state index is 11.9. The van der Waals surface area contributed by atoms with Crippen molar-refractivity contribution >= 4 is 23.4 Å². The fourth-order valence-electron chi connectivity index (χ4n) is 1.54. The highest BCUT2D eigenvalue weighted by Crippen LogP contribution is 2.10. The van der Waals surface area contributed by atoms with Crippen LogP contribution in [0.25, 0.3) is 0 Å². The molecule has 1 atom stereocenters. The predicted molar refractivity (Wildman–Crippen MR) is 71.4 cm³/mol. The van der Waals surface area contributed by atoms with Crippen LogP contribution in [0.4, 0.5) is 0 Å². The lowest BCUT2D eigenvalue weighted by atomic mass is 10.1. The van der Waals surface area contributed by atoms with Crippen molar-refractivity contribution in [1.29, 1.82) is 0 Å². The fourth-order valence-corrected chi connectivity index (χ4v) is 1.66. The summed E-state index contributed by atoms with van der Waals surface area (Å²) in [5.74, 6) is -0.822. The van der Waals surface area contributed by atoms with E-state index in [2.05, 4.69) is 5.32 Å². The summed E-state index contributed by atoms with van der Waals surface area (Å²) in [6.45, 7) is 2.01. The standard InChI is InChI=1S/C13H17ClN2O2/c1-2-3-4-11(12(15)17)16-13(18)9-5-7-10(14)8-6-9/h5-8,11H,2-4H2,1H3,(H2,15,17)(H,16,18)/t11-/m1/s1. The fraction of sp³-hybridized carbons (Fsp3) is 0.385. The summed E-state index contributed by atoms with van der Waals surface area (Å²) in [5.41, 5.74) is 5.71. The third-order valence-electron chi connectivity index (χ3n) is 2.60. The largest absolute Gasteiger partial charge is 0.368 e. The number of hydrogen-bond donors (Lipinski definition) is 2. The second kappa shape index (κ2) is 7.01. The van der Waals surface area contributed by atoms with Crippen molar-refractivity contribution in [2.24, 2.45) is 5.73 Å². The quantitative estimate of drug-likeness (QED) is 0.829. The van der Waals surface area contributed by atoms with Gasteiger partial charge in [-0.2, -0.15) is 0 Å². The van der Waals surface area contributed by atoms with E-state index in [9.17, 15) is 9.59 Å². The van der Waals surface area contributed by atoms with Gasteiger partial charge in [0.1, 0.15) is 6.04 Å². The molecule has 0 aliphatic rings. The Hall–Kier alpha value is -1.55. The van der Waals surface area contributed by atoms with Gasteiger partial charge >= 0.3 is 0 Å².